The molecule has 11 heavy (non-hydrogen) atoms. The van der Waals surface area contributed by atoms with E-state index in [-0.39, 0.29) is 0 Å². The van der Waals surface area contributed by atoms with E-state index in [2.05, 4.69) is 16.4 Å². The lowest BCUT2D eigenvalue weighted by Crippen LogP contribution is -2.20. The summed E-state index contributed by atoms with van der Waals surface area (Å²) in [7, 11) is 0. The third-order valence-corrected chi connectivity index (χ3v) is 1.77. The zero-order valence-electron chi connectivity index (χ0n) is 6.21. The van der Waals surface area contributed by atoms with E-state index in [1.54, 1.807) is 12.5 Å². The van der Waals surface area contributed by atoms with Crippen molar-refractivity contribution in [2.24, 2.45) is 0 Å². The summed E-state index contributed by atoms with van der Waals surface area (Å²) < 4.78 is 5.17. The van der Waals surface area contributed by atoms with Gasteiger partial charge in [-0.2, -0.15) is 0 Å². The van der Waals surface area contributed by atoms with Crippen LogP contribution in [0.3, 0.4) is 0 Å². The Morgan fingerprint density at radius 2 is 2.55 bits per heavy atom. The maximum Gasteiger partial charge on any atom is 0.221 e. The molecule has 1 aromatic heterocycles. The number of aromatic nitrogens is 1. The standard InChI is InChI=1S/C8H10N2O/c1-3-9-4-2-7(1)8-10-5-6-11-8/h1,5-6,9H,2-4H2. The van der Waals surface area contributed by atoms with Crippen molar-refractivity contribution in [3.05, 3.63) is 24.4 Å². The van der Waals surface area contributed by atoms with Crippen molar-refractivity contribution >= 4 is 5.57 Å². The van der Waals surface area contributed by atoms with E-state index in [0.29, 0.717) is 0 Å². The van der Waals surface area contributed by atoms with Crippen LogP contribution in [-0.4, -0.2) is 18.1 Å². The normalized spacial score (nSPS) is 18.0. The predicted octanol–water partition coefficient (Wildman–Crippen LogP) is 1.05. The molecule has 3 heteroatoms. The maximum atomic E-state index is 5.17. The summed E-state index contributed by atoms with van der Waals surface area (Å²) in [5.74, 6) is 0.770. The van der Waals surface area contributed by atoms with Crippen LogP contribution in [0.2, 0.25) is 0 Å². The van der Waals surface area contributed by atoms with Gasteiger partial charge in [0.25, 0.3) is 0 Å². The highest BCUT2D eigenvalue weighted by Crippen LogP contribution is 2.16. The Labute approximate surface area is 65.1 Å². The molecule has 0 atom stereocenters. The summed E-state index contributed by atoms with van der Waals surface area (Å²) in [6.07, 6.45) is 6.42. The van der Waals surface area contributed by atoms with Gasteiger partial charge < -0.3 is 9.73 Å². The number of nitrogens with zero attached hydrogens (tertiary/aromatic N) is 1. The van der Waals surface area contributed by atoms with Gasteiger partial charge in [-0.25, -0.2) is 4.98 Å². The Hall–Kier alpha value is -1.09. The average Bonchev–Trinajstić information content (AvgIpc) is 2.58. The number of hydrogen-bond acceptors (Lipinski definition) is 3. The molecular formula is C8H10N2O. The highest BCUT2D eigenvalue weighted by Gasteiger charge is 2.08. The fourth-order valence-electron chi connectivity index (χ4n) is 1.20. The second-order valence-corrected chi connectivity index (χ2v) is 2.52. The zero-order chi connectivity index (χ0) is 7.52. The van der Waals surface area contributed by atoms with Crippen molar-refractivity contribution in [2.75, 3.05) is 13.1 Å². The highest BCUT2D eigenvalue weighted by molar-refractivity contribution is 5.59. The van der Waals surface area contributed by atoms with Crippen LogP contribution in [0.25, 0.3) is 5.57 Å². The predicted molar refractivity (Wildman–Crippen MR) is 42.0 cm³/mol. The van der Waals surface area contributed by atoms with Crippen LogP contribution >= 0.6 is 0 Å². The number of rotatable bonds is 1. The van der Waals surface area contributed by atoms with Crippen molar-refractivity contribution in [1.29, 1.82) is 0 Å². The molecule has 0 amide bonds. The van der Waals surface area contributed by atoms with Crippen molar-refractivity contribution in [2.45, 2.75) is 6.42 Å². The summed E-state index contributed by atoms with van der Waals surface area (Å²) in [4.78, 5) is 4.08. The number of hydrogen-bond donors (Lipinski definition) is 1. The smallest absolute Gasteiger partial charge is 0.221 e. The van der Waals surface area contributed by atoms with E-state index in [1.165, 1.54) is 5.57 Å². The molecular weight excluding hydrogens is 140 g/mol. The first kappa shape index (κ1) is 6.61. The third kappa shape index (κ3) is 1.33. The molecule has 0 saturated carbocycles. The van der Waals surface area contributed by atoms with Gasteiger partial charge in [0, 0.05) is 12.1 Å². The number of oxazole rings is 1. The van der Waals surface area contributed by atoms with E-state index < -0.39 is 0 Å². The second-order valence-electron chi connectivity index (χ2n) is 2.52. The third-order valence-electron chi connectivity index (χ3n) is 1.77. The summed E-state index contributed by atoms with van der Waals surface area (Å²) in [6, 6.07) is 0. The molecule has 0 radical (unpaired) electrons. The lowest BCUT2D eigenvalue weighted by atomic mass is 10.1. The quantitative estimate of drug-likeness (QED) is 0.650. The monoisotopic (exact) mass is 150 g/mol. The lowest BCUT2D eigenvalue weighted by molar-refractivity contribution is 0.535. The molecule has 1 aromatic rings. The Bertz CT molecular complexity index is 251. The molecule has 3 nitrogen and oxygen atoms in total. The van der Waals surface area contributed by atoms with Crippen LogP contribution < -0.4 is 5.32 Å². The van der Waals surface area contributed by atoms with Gasteiger partial charge in [0.2, 0.25) is 5.89 Å². The maximum absolute atomic E-state index is 5.17. The molecule has 1 aliphatic rings. The Kier molecular flexibility index (Phi) is 1.73. The van der Waals surface area contributed by atoms with Crippen molar-refractivity contribution < 1.29 is 4.42 Å². The minimum absolute atomic E-state index is 0.770. The van der Waals surface area contributed by atoms with Gasteiger partial charge >= 0.3 is 0 Å². The van der Waals surface area contributed by atoms with Crippen LogP contribution in [-0.2, 0) is 0 Å². The number of nitrogens with one attached hydrogen (secondary N) is 1. The van der Waals surface area contributed by atoms with Gasteiger partial charge in [0.1, 0.15) is 6.26 Å². The molecule has 0 bridgehead atoms. The molecule has 1 N–H and O–H groups in total. The average molecular weight is 150 g/mol. The van der Waals surface area contributed by atoms with E-state index >= 15 is 0 Å². The minimum Gasteiger partial charge on any atom is -0.445 e. The molecule has 0 aliphatic carbocycles. The van der Waals surface area contributed by atoms with Crippen molar-refractivity contribution in [3.63, 3.8) is 0 Å². The molecule has 2 rings (SSSR count). The molecule has 0 aromatic carbocycles. The first-order chi connectivity index (χ1) is 5.47. The molecule has 0 spiro atoms. The van der Waals surface area contributed by atoms with Crippen LogP contribution in [0.15, 0.2) is 23.0 Å². The summed E-state index contributed by atoms with van der Waals surface area (Å²) in [5.41, 5.74) is 1.22. The second kappa shape index (κ2) is 2.88. The highest BCUT2D eigenvalue weighted by atomic mass is 16.3. The minimum atomic E-state index is 0.770. The fraction of sp³-hybridized carbons (Fsp3) is 0.375. The fourth-order valence-corrected chi connectivity index (χ4v) is 1.20. The van der Waals surface area contributed by atoms with Gasteiger partial charge in [-0.1, -0.05) is 6.08 Å². The van der Waals surface area contributed by atoms with Crippen LogP contribution in [0.4, 0.5) is 0 Å². The van der Waals surface area contributed by atoms with Gasteiger partial charge in [0.15, 0.2) is 0 Å². The van der Waals surface area contributed by atoms with E-state index in [0.717, 1.165) is 25.4 Å². The van der Waals surface area contributed by atoms with Gasteiger partial charge in [0.05, 0.1) is 6.20 Å². The lowest BCUT2D eigenvalue weighted by Gasteiger charge is -2.10. The van der Waals surface area contributed by atoms with Crippen LogP contribution in [0.1, 0.15) is 12.3 Å². The van der Waals surface area contributed by atoms with Crippen molar-refractivity contribution in [1.82, 2.24) is 10.3 Å². The largest absolute Gasteiger partial charge is 0.445 e. The Balaban J connectivity index is 2.22. The SMILES string of the molecule is C1=C(c2ncco2)CCNC1. The van der Waals surface area contributed by atoms with E-state index in [4.69, 9.17) is 4.42 Å². The zero-order valence-corrected chi connectivity index (χ0v) is 6.21. The summed E-state index contributed by atoms with van der Waals surface area (Å²) >= 11 is 0. The molecule has 0 fully saturated rings. The summed E-state index contributed by atoms with van der Waals surface area (Å²) in [5, 5.41) is 3.23. The topological polar surface area (TPSA) is 38.1 Å². The van der Waals surface area contributed by atoms with Gasteiger partial charge in [-0.3, -0.25) is 0 Å². The van der Waals surface area contributed by atoms with Crippen molar-refractivity contribution in [3.8, 4) is 0 Å². The Morgan fingerprint density at radius 3 is 3.18 bits per heavy atom. The van der Waals surface area contributed by atoms with Gasteiger partial charge in [-0.15, -0.1) is 0 Å². The first-order valence-electron chi connectivity index (χ1n) is 3.76. The molecule has 0 saturated heterocycles. The molecule has 1 aliphatic heterocycles. The molecule has 0 unspecified atom stereocenters. The Morgan fingerprint density at radius 1 is 1.55 bits per heavy atom. The molecule has 58 valence electrons. The first-order valence-corrected chi connectivity index (χ1v) is 3.76. The van der Waals surface area contributed by atoms with Crippen LogP contribution in [0.5, 0.6) is 0 Å². The van der Waals surface area contributed by atoms with Gasteiger partial charge in [-0.05, 0) is 13.0 Å². The van der Waals surface area contributed by atoms with Crippen LogP contribution in [0, 0.1) is 0 Å². The van der Waals surface area contributed by atoms with E-state index in [1.807, 2.05) is 0 Å². The summed E-state index contributed by atoms with van der Waals surface area (Å²) in [6.45, 7) is 1.95. The molecule has 2 heterocycles. The van der Waals surface area contributed by atoms with E-state index in [9.17, 15) is 0 Å².